The Kier molecular flexibility index (Phi) is 4.02. The van der Waals surface area contributed by atoms with E-state index in [0.29, 0.717) is 11.6 Å². The minimum absolute atomic E-state index is 0.410. The fourth-order valence-electron chi connectivity index (χ4n) is 1.46. The quantitative estimate of drug-likeness (QED) is 0.767. The maximum Gasteiger partial charge on any atom is 0.150 e. The second-order valence-corrected chi connectivity index (χ2v) is 4.81. The summed E-state index contributed by atoms with van der Waals surface area (Å²) in [6.07, 6.45) is 3.39. The first-order valence-electron chi connectivity index (χ1n) is 5.13. The molecule has 1 heterocycles. The van der Waals surface area contributed by atoms with Gasteiger partial charge in [-0.25, -0.2) is 0 Å². The van der Waals surface area contributed by atoms with E-state index in [9.17, 15) is 0 Å². The van der Waals surface area contributed by atoms with Gasteiger partial charge in [0.15, 0.2) is 0 Å². The second kappa shape index (κ2) is 5.52. The number of hydrogen-bond acceptors (Lipinski definition) is 2. The van der Waals surface area contributed by atoms with Gasteiger partial charge < -0.3 is 4.74 Å². The molecule has 88 valence electrons. The summed E-state index contributed by atoms with van der Waals surface area (Å²) in [5, 5.41) is 0. The monoisotopic (exact) mass is 311 g/mol. The molecule has 0 bridgehead atoms. The maximum absolute atomic E-state index is 5.85. The van der Waals surface area contributed by atoms with Crippen molar-refractivity contribution in [2.75, 3.05) is 0 Å². The van der Waals surface area contributed by atoms with Gasteiger partial charge in [-0.15, -0.1) is 11.6 Å². The van der Waals surface area contributed by atoms with Gasteiger partial charge in [-0.3, -0.25) is 4.98 Å². The number of aryl methyl sites for hydroxylation is 1. The number of benzene rings is 1. The standard InChI is InChI=1S/C13H11BrClNO/c1-9-6-11(14)2-3-12(9)17-13-8-16-5-4-10(13)7-15/h2-6,8H,7H2,1H3. The van der Waals surface area contributed by atoms with E-state index in [0.717, 1.165) is 21.3 Å². The fourth-order valence-corrected chi connectivity index (χ4v) is 2.15. The molecular weight excluding hydrogens is 302 g/mol. The molecule has 2 rings (SSSR count). The molecule has 0 N–H and O–H groups in total. The van der Waals surface area contributed by atoms with E-state index < -0.39 is 0 Å². The predicted octanol–water partition coefficient (Wildman–Crippen LogP) is 4.68. The zero-order valence-corrected chi connectivity index (χ0v) is 11.6. The van der Waals surface area contributed by atoms with Crippen LogP contribution in [-0.2, 0) is 5.88 Å². The topological polar surface area (TPSA) is 22.1 Å². The normalized spacial score (nSPS) is 10.3. The van der Waals surface area contributed by atoms with Crippen molar-refractivity contribution in [1.29, 1.82) is 0 Å². The molecule has 0 radical (unpaired) electrons. The van der Waals surface area contributed by atoms with E-state index in [4.69, 9.17) is 16.3 Å². The summed E-state index contributed by atoms with van der Waals surface area (Å²) >= 11 is 9.27. The Labute approximate surface area is 114 Å². The molecule has 1 aromatic heterocycles. The minimum Gasteiger partial charge on any atom is -0.455 e. The average molecular weight is 313 g/mol. The number of hydrogen-bond donors (Lipinski definition) is 0. The van der Waals surface area contributed by atoms with Crippen LogP contribution in [0.3, 0.4) is 0 Å². The predicted molar refractivity (Wildman–Crippen MR) is 72.7 cm³/mol. The van der Waals surface area contributed by atoms with E-state index in [1.54, 1.807) is 12.4 Å². The highest BCUT2D eigenvalue weighted by atomic mass is 79.9. The minimum atomic E-state index is 0.410. The van der Waals surface area contributed by atoms with E-state index in [1.807, 2.05) is 31.2 Å². The van der Waals surface area contributed by atoms with Gasteiger partial charge in [0.05, 0.1) is 12.1 Å². The van der Waals surface area contributed by atoms with Crippen molar-refractivity contribution in [3.05, 3.63) is 52.3 Å². The molecule has 0 atom stereocenters. The zero-order chi connectivity index (χ0) is 12.3. The van der Waals surface area contributed by atoms with Crippen LogP contribution in [0.25, 0.3) is 0 Å². The summed E-state index contributed by atoms with van der Waals surface area (Å²) in [5.74, 6) is 1.92. The third-order valence-corrected chi connectivity index (χ3v) is 3.15. The van der Waals surface area contributed by atoms with Crippen LogP contribution in [0.2, 0.25) is 0 Å². The summed E-state index contributed by atoms with van der Waals surface area (Å²) in [6.45, 7) is 2.00. The fraction of sp³-hybridized carbons (Fsp3) is 0.154. The Hall–Kier alpha value is -1.06. The van der Waals surface area contributed by atoms with Gasteiger partial charge in [0.25, 0.3) is 0 Å². The summed E-state index contributed by atoms with van der Waals surface area (Å²) in [7, 11) is 0. The van der Waals surface area contributed by atoms with Crippen molar-refractivity contribution in [3.8, 4) is 11.5 Å². The molecule has 4 heteroatoms. The smallest absolute Gasteiger partial charge is 0.150 e. The van der Waals surface area contributed by atoms with Gasteiger partial charge in [0, 0.05) is 16.2 Å². The van der Waals surface area contributed by atoms with Crippen LogP contribution < -0.4 is 4.74 Å². The number of rotatable bonds is 3. The van der Waals surface area contributed by atoms with Crippen molar-refractivity contribution in [2.24, 2.45) is 0 Å². The lowest BCUT2D eigenvalue weighted by Crippen LogP contribution is -1.92. The number of halogens is 2. The molecular formula is C13H11BrClNO. The Morgan fingerprint density at radius 1 is 1.29 bits per heavy atom. The molecule has 0 aliphatic carbocycles. The first-order valence-corrected chi connectivity index (χ1v) is 6.46. The number of ether oxygens (including phenoxy) is 1. The molecule has 0 saturated carbocycles. The number of aromatic nitrogens is 1. The van der Waals surface area contributed by atoms with Gasteiger partial charge in [-0.05, 0) is 36.8 Å². The lowest BCUT2D eigenvalue weighted by molar-refractivity contribution is 0.472. The van der Waals surface area contributed by atoms with Gasteiger partial charge in [0.1, 0.15) is 11.5 Å². The third kappa shape index (κ3) is 2.99. The molecule has 1 aromatic carbocycles. The summed E-state index contributed by atoms with van der Waals surface area (Å²) < 4.78 is 6.85. The molecule has 0 fully saturated rings. The first kappa shape index (κ1) is 12.4. The highest BCUT2D eigenvalue weighted by Gasteiger charge is 2.06. The van der Waals surface area contributed by atoms with Gasteiger partial charge in [-0.2, -0.15) is 0 Å². The van der Waals surface area contributed by atoms with Gasteiger partial charge in [0.2, 0.25) is 0 Å². The Morgan fingerprint density at radius 2 is 2.12 bits per heavy atom. The van der Waals surface area contributed by atoms with Crippen molar-refractivity contribution in [3.63, 3.8) is 0 Å². The van der Waals surface area contributed by atoms with Crippen LogP contribution in [0.1, 0.15) is 11.1 Å². The molecule has 2 nitrogen and oxygen atoms in total. The highest BCUT2D eigenvalue weighted by Crippen LogP contribution is 2.29. The molecule has 0 amide bonds. The summed E-state index contributed by atoms with van der Waals surface area (Å²) in [4.78, 5) is 4.04. The number of nitrogens with zero attached hydrogens (tertiary/aromatic N) is 1. The first-order chi connectivity index (χ1) is 8.20. The second-order valence-electron chi connectivity index (χ2n) is 3.63. The molecule has 0 aliphatic heterocycles. The van der Waals surface area contributed by atoms with E-state index in [1.165, 1.54) is 0 Å². The van der Waals surface area contributed by atoms with Crippen LogP contribution in [0.4, 0.5) is 0 Å². The van der Waals surface area contributed by atoms with Crippen molar-refractivity contribution in [2.45, 2.75) is 12.8 Å². The Balaban J connectivity index is 2.31. The molecule has 0 aliphatic rings. The number of alkyl halides is 1. The van der Waals surface area contributed by atoms with Crippen molar-refractivity contribution in [1.82, 2.24) is 4.98 Å². The SMILES string of the molecule is Cc1cc(Br)ccc1Oc1cnccc1CCl. The largest absolute Gasteiger partial charge is 0.455 e. The van der Waals surface area contributed by atoms with Gasteiger partial charge >= 0.3 is 0 Å². The van der Waals surface area contributed by atoms with E-state index in [-0.39, 0.29) is 0 Å². The molecule has 0 unspecified atom stereocenters. The Bertz CT molecular complexity index is 531. The van der Waals surface area contributed by atoms with Crippen LogP contribution >= 0.6 is 27.5 Å². The lowest BCUT2D eigenvalue weighted by atomic mass is 10.2. The van der Waals surface area contributed by atoms with Crippen molar-refractivity contribution < 1.29 is 4.74 Å². The number of pyridine rings is 1. The zero-order valence-electron chi connectivity index (χ0n) is 9.28. The summed E-state index contributed by atoms with van der Waals surface area (Å²) in [6, 6.07) is 7.73. The van der Waals surface area contributed by atoms with Crippen molar-refractivity contribution >= 4 is 27.5 Å². The lowest BCUT2D eigenvalue weighted by Gasteiger charge is -2.11. The Morgan fingerprint density at radius 3 is 2.82 bits per heavy atom. The molecule has 0 saturated heterocycles. The van der Waals surface area contributed by atoms with Crippen LogP contribution in [-0.4, -0.2) is 4.98 Å². The average Bonchev–Trinajstić information content (AvgIpc) is 2.33. The molecule has 2 aromatic rings. The molecule has 0 spiro atoms. The van der Waals surface area contributed by atoms with Crippen LogP contribution in [0.5, 0.6) is 11.5 Å². The van der Waals surface area contributed by atoms with E-state index >= 15 is 0 Å². The summed E-state index contributed by atoms with van der Waals surface area (Å²) in [5.41, 5.74) is 1.99. The van der Waals surface area contributed by atoms with Gasteiger partial charge in [-0.1, -0.05) is 15.9 Å². The molecule has 17 heavy (non-hydrogen) atoms. The maximum atomic E-state index is 5.85. The highest BCUT2D eigenvalue weighted by molar-refractivity contribution is 9.10. The van der Waals surface area contributed by atoms with E-state index in [2.05, 4.69) is 20.9 Å². The van der Waals surface area contributed by atoms with Crippen LogP contribution in [0.15, 0.2) is 41.1 Å². The third-order valence-electron chi connectivity index (χ3n) is 2.37. The van der Waals surface area contributed by atoms with Crippen LogP contribution in [0, 0.1) is 6.92 Å².